The van der Waals surface area contributed by atoms with Crippen LogP contribution < -0.4 is 11.1 Å². The van der Waals surface area contributed by atoms with Crippen LogP contribution in [-0.4, -0.2) is 37.3 Å². The highest BCUT2D eigenvalue weighted by Gasteiger charge is 2.24. The Balaban J connectivity index is 1.78. The number of aromatic nitrogens is 4. The van der Waals surface area contributed by atoms with Crippen molar-refractivity contribution >= 4 is 49.8 Å². The van der Waals surface area contributed by atoms with Crippen molar-refractivity contribution in [1.29, 1.82) is 0 Å². The summed E-state index contributed by atoms with van der Waals surface area (Å²) in [5.41, 5.74) is 8.93. The lowest BCUT2D eigenvalue weighted by molar-refractivity contribution is 0.0511. The Morgan fingerprint density at radius 1 is 1.30 bits per heavy atom. The average molecular weight is 509 g/mol. The maximum Gasteiger partial charge on any atom is 0.408 e. The van der Waals surface area contributed by atoms with E-state index < -0.39 is 17.7 Å². The molecule has 0 bridgehead atoms. The summed E-state index contributed by atoms with van der Waals surface area (Å²) in [5.74, 6) is 0.359. The number of anilines is 1. The van der Waals surface area contributed by atoms with Crippen LogP contribution in [0.1, 0.15) is 20.8 Å². The Hall–Kier alpha value is -3.46. The monoisotopic (exact) mass is 508 g/mol. The lowest BCUT2D eigenvalue weighted by atomic mass is 10.1. The molecule has 0 aliphatic carbocycles. The van der Waals surface area contributed by atoms with E-state index in [2.05, 4.69) is 48.8 Å². The van der Waals surface area contributed by atoms with E-state index in [9.17, 15) is 4.79 Å². The Labute approximate surface area is 200 Å². The SMILES string of the molecule is C=C[C@H](Cn1c(Br)c(-c2cnc3ccccc3c2)c2c(N)ncnc21)NC(=O)OC(C)(C)C. The lowest BCUT2D eigenvalue weighted by Gasteiger charge is -2.22. The van der Waals surface area contributed by atoms with Crippen LogP contribution in [0.3, 0.4) is 0 Å². The molecule has 170 valence electrons. The van der Waals surface area contributed by atoms with Crippen molar-refractivity contribution in [1.82, 2.24) is 24.8 Å². The van der Waals surface area contributed by atoms with Crippen LogP contribution >= 0.6 is 15.9 Å². The number of rotatable bonds is 5. The first-order valence-electron chi connectivity index (χ1n) is 10.4. The third-order valence-electron chi connectivity index (χ3n) is 5.05. The van der Waals surface area contributed by atoms with Crippen molar-refractivity contribution in [3.05, 3.63) is 60.1 Å². The van der Waals surface area contributed by atoms with E-state index in [0.717, 1.165) is 26.6 Å². The smallest absolute Gasteiger partial charge is 0.408 e. The molecule has 8 nitrogen and oxygen atoms in total. The fraction of sp³-hybridized carbons (Fsp3) is 0.250. The minimum atomic E-state index is -0.603. The zero-order valence-corrected chi connectivity index (χ0v) is 20.3. The second-order valence-electron chi connectivity index (χ2n) is 8.64. The average Bonchev–Trinajstić information content (AvgIpc) is 3.04. The van der Waals surface area contributed by atoms with Gasteiger partial charge in [0.2, 0.25) is 0 Å². The molecule has 0 spiro atoms. The fourth-order valence-electron chi connectivity index (χ4n) is 3.64. The van der Waals surface area contributed by atoms with Gasteiger partial charge in [-0.05, 0) is 48.8 Å². The predicted octanol–water partition coefficient (Wildman–Crippen LogP) is 5.07. The molecule has 1 aromatic carbocycles. The third-order valence-corrected chi connectivity index (χ3v) is 5.88. The number of halogens is 1. The molecule has 33 heavy (non-hydrogen) atoms. The number of carbonyl (C=O) groups is 1. The molecular formula is C24H25BrN6O2. The van der Waals surface area contributed by atoms with E-state index in [1.165, 1.54) is 6.33 Å². The van der Waals surface area contributed by atoms with E-state index in [4.69, 9.17) is 10.5 Å². The highest BCUT2D eigenvalue weighted by atomic mass is 79.9. The van der Waals surface area contributed by atoms with E-state index in [-0.39, 0.29) is 0 Å². The van der Waals surface area contributed by atoms with Crippen LogP contribution in [0.4, 0.5) is 10.6 Å². The summed E-state index contributed by atoms with van der Waals surface area (Å²) in [5, 5.41) is 4.56. The first-order valence-corrected chi connectivity index (χ1v) is 11.2. The topological polar surface area (TPSA) is 108 Å². The molecule has 0 aliphatic heterocycles. The molecule has 0 saturated carbocycles. The number of nitrogen functional groups attached to an aromatic ring is 1. The Bertz CT molecular complexity index is 1360. The number of carbonyl (C=O) groups excluding carboxylic acids is 1. The third kappa shape index (κ3) is 4.68. The number of nitrogens with zero attached hydrogens (tertiary/aromatic N) is 4. The highest BCUT2D eigenvalue weighted by molar-refractivity contribution is 9.10. The number of benzene rings is 1. The van der Waals surface area contributed by atoms with Crippen LogP contribution in [0.2, 0.25) is 0 Å². The molecule has 0 fully saturated rings. The number of para-hydroxylation sites is 1. The van der Waals surface area contributed by atoms with Gasteiger partial charge in [0.25, 0.3) is 0 Å². The first-order chi connectivity index (χ1) is 15.7. The van der Waals surface area contributed by atoms with Gasteiger partial charge in [0.15, 0.2) is 0 Å². The largest absolute Gasteiger partial charge is 0.444 e. The summed E-state index contributed by atoms with van der Waals surface area (Å²) in [6.45, 7) is 9.67. The second kappa shape index (κ2) is 8.82. The maximum absolute atomic E-state index is 12.3. The molecule has 1 atom stereocenters. The van der Waals surface area contributed by atoms with Gasteiger partial charge in [-0.25, -0.2) is 14.8 Å². The number of amides is 1. The highest BCUT2D eigenvalue weighted by Crippen LogP contribution is 2.40. The lowest BCUT2D eigenvalue weighted by Crippen LogP contribution is -2.40. The minimum absolute atomic E-state index is 0.358. The van der Waals surface area contributed by atoms with Crippen LogP contribution in [0, 0.1) is 0 Å². The summed E-state index contributed by atoms with van der Waals surface area (Å²) >= 11 is 3.74. The van der Waals surface area contributed by atoms with Crippen molar-refractivity contribution in [2.24, 2.45) is 0 Å². The van der Waals surface area contributed by atoms with Gasteiger partial charge in [-0.3, -0.25) is 4.98 Å². The van der Waals surface area contributed by atoms with E-state index in [0.29, 0.717) is 23.4 Å². The summed E-state index contributed by atoms with van der Waals surface area (Å²) in [6, 6.07) is 9.55. The molecule has 0 aliphatic rings. The van der Waals surface area contributed by atoms with Gasteiger partial charge in [0, 0.05) is 29.3 Å². The van der Waals surface area contributed by atoms with Gasteiger partial charge in [-0.2, -0.15) is 0 Å². The summed E-state index contributed by atoms with van der Waals surface area (Å²) < 4.78 is 8.07. The van der Waals surface area contributed by atoms with Gasteiger partial charge in [0.05, 0.1) is 21.5 Å². The summed E-state index contributed by atoms with van der Waals surface area (Å²) in [6.07, 6.45) is 4.37. The number of hydrogen-bond acceptors (Lipinski definition) is 6. The number of ether oxygens (including phenoxy) is 1. The van der Waals surface area contributed by atoms with Crippen molar-refractivity contribution < 1.29 is 9.53 Å². The van der Waals surface area contributed by atoms with E-state index >= 15 is 0 Å². The van der Waals surface area contributed by atoms with Crippen molar-refractivity contribution in [3.8, 4) is 11.1 Å². The van der Waals surface area contributed by atoms with E-state index in [1.807, 2.05) is 55.8 Å². The Kier molecular flexibility index (Phi) is 6.07. The van der Waals surface area contributed by atoms with E-state index in [1.54, 1.807) is 6.08 Å². The number of nitrogens with two attached hydrogens (primary N) is 1. The van der Waals surface area contributed by atoms with Crippen LogP contribution in [-0.2, 0) is 11.3 Å². The van der Waals surface area contributed by atoms with Gasteiger partial charge in [-0.1, -0.05) is 24.3 Å². The molecule has 4 rings (SSSR count). The number of alkyl carbamates (subject to hydrolysis) is 1. The number of pyridine rings is 1. The second-order valence-corrected chi connectivity index (χ2v) is 9.39. The quantitative estimate of drug-likeness (QED) is 0.364. The molecule has 0 unspecified atom stereocenters. The number of hydrogen-bond donors (Lipinski definition) is 2. The molecule has 4 aromatic rings. The first kappa shape index (κ1) is 22.7. The zero-order valence-electron chi connectivity index (χ0n) is 18.7. The maximum atomic E-state index is 12.3. The molecule has 3 N–H and O–H groups in total. The van der Waals surface area contributed by atoms with Crippen LogP contribution in [0.25, 0.3) is 33.1 Å². The van der Waals surface area contributed by atoms with Crippen LogP contribution in [0.5, 0.6) is 0 Å². The molecule has 0 saturated heterocycles. The van der Waals surface area contributed by atoms with Gasteiger partial charge in [-0.15, -0.1) is 6.58 Å². The number of nitrogens with one attached hydrogen (secondary N) is 1. The Morgan fingerprint density at radius 2 is 2.06 bits per heavy atom. The summed E-state index contributed by atoms with van der Waals surface area (Å²) in [4.78, 5) is 25.6. The Morgan fingerprint density at radius 3 is 2.79 bits per heavy atom. The number of fused-ring (bicyclic) bond motifs is 2. The molecule has 3 heterocycles. The fourth-order valence-corrected chi connectivity index (χ4v) is 4.38. The van der Waals surface area contributed by atoms with Crippen molar-refractivity contribution in [3.63, 3.8) is 0 Å². The van der Waals surface area contributed by atoms with Gasteiger partial charge < -0.3 is 20.4 Å². The molecule has 0 radical (unpaired) electrons. The van der Waals surface area contributed by atoms with Crippen LogP contribution in [0.15, 0.2) is 60.1 Å². The molecule has 9 heteroatoms. The predicted molar refractivity (Wildman–Crippen MR) is 134 cm³/mol. The minimum Gasteiger partial charge on any atom is -0.444 e. The molecule has 1 amide bonds. The summed E-state index contributed by atoms with van der Waals surface area (Å²) in [7, 11) is 0. The van der Waals surface area contributed by atoms with Crippen molar-refractivity contribution in [2.75, 3.05) is 5.73 Å². The standard InChI is InChI=1S/C24H25BrN6O2/c1-5-16(30-23(32)33-24(2,3)4)12-31-20(25)18(19-21(26)28-13-29-22(19)31)15-10-14-8-6-7-9-17(14)27-11-15/h5-11,13,16H,1,12H2,2-4H3,(H,30,32)(H2,26,28,29)/t16-/m1/s1. The van der Waals surface area contributed by atoms with Gasteiger partial charge >= 0.3 is 6.09 Å². The normalized spacial score (nSPS) is 12.6. The van der Waals surface area contributed by atoms with Crippen molar-refractivity contribution in [2.45, 2.75) is 39.0 Å². The molecular weight excluding hydrogens is 484 g/mol. The van der Waals surface area contributed by atoms with Gasteiger partial charge in [0.1, 0.15) is 23.4 Å². The zero-order chi connectivity index (χ0) is 23.8. The molecule has 3 aromatic heterocycles.